The summed E-state index contributed by atoms with van der Waals surface area (Å²) in [6.07, 6.45) is -0.280. The van der Waals surface area contributed by atoms with Crippen LogP contribution in [0.25, 0.3) is 0 Å². The third kappa shape index (κ3) is 9.37. The van der Waals surface area contributed by atoms with Crippen molar-refractivity contribution in [2.75, 3.05) is 11.5 Å². The van der Waals surface area contributed by atoms with Gasteiger partial charge in [-0.3, -0.25) is 19.2 Å². The van der Waals surface area contributed by atoms with Gasteiger partial charge in [0.25, 0.3) is 0 Å². The summed E-state index contributed by atoms with van der Waals surface area (Å²) in [5, 5.41) is 25.0. The van der Waals surface area contributed by atoms with Crippen LogP contribution in [0.15, 0.2) is 0 Å². The number of nitrogens with one attached hydrogen (secondary N) is 3. The smallest absolute Gasteiger partial charge is 0.327 e. The van der Waals surface area contributed by atoms with Crippen LogP contribution in [0.5, 0.6) is 0 Å². The van der Waals surface area contributed by atoms with E-state index in [1.165, 1.54) is 0 Å². The molecule has 5 atom stereocenters. The van der Waals surface area contributed by atoms with Gasteiger partial charge in [0.1, 0.15) is 18.1 Å². The summed E-state index contributed by atoms with van der Waals surface area (Å²) in [5.74, 6) is -5.68. The zero-order valence-corrected chi connectivity index (χ0v) is 17.9. The van der Waals surface area contributed by atoms with Crippen molar-refractivity contribution in [2.45, 2.75) is 50.9 Å². The minimum Gasteiger partial charge on any atom is -0.481 e. The maximum atomic E-state index is 12.6. The van der Waals surface area contributed by atoms with E-state index < -0.39 is 66.2 Å². The number of nitrogens with two attached hydrogens (primary N) is 1. The van der Waals surface area contributed by atoms with Gasteiger partial charge in [-0.05, 0) is 5.92 Å². The van der Waals surface area contributed by atoms with Crippen LogP contribution in [-0.2, 0) is 24.0 Å². The van der Waals surface area contributed by atoms with E-state index in [1.54, 1.807) is 13.8 Å². The number of carbonyl (C=O) groups is 5. The Hall–Kier alpha value is -1.99. The van der Waals surface area contributed by atoms with Gasteiger partial charge >= 0.3 is 11.9 Å². The molecule has 11 nitrogen and oxygen atoms in total. The number of hydrogen-bond acceptors (Lipinski definition) is 8. The molecule has 0 aliphatic carbocycles. The molecule has 7 N–H and O–H groups in total. The maximum absolute atomic E-state index is 12.6. The van der Waals surface area contributed by atoms with Crippen molar-refractivity contribution in [1.82, 2.24) is 16.0 Å². The van der Waals surface area contributed by atoms with Crippen molar-refractivity contribution in [3.8, 4) is 0 Å². The molecule has 0 heterocycles. The molecule has 13 heteroatoms. The third-order valence-corrected chi connectivity index (χ3v) is 4.89. The van der Waals surface area contributed by atoms with Crippen LogP contribution in [0.4, 0.5) is 0 Å². The minimum atomic E-state index is -1.48. The largest absolute Gasteiger partial charge is 0.481 e. The molecule has 3 amide bonds. The Morgan fingerprint density at radius 1 is 0.897 bits per heavy atom. The molecule has 29 heavy (non-hydrogen) atoms. The number of carboxylic acids is 2. The molecule has 0 fully saturated rings. The van der Waals surface area contributed by atoms with Gasteiger partial charge in [-0.15, -0.1) is 0 Å². The van der Waals surface area contributed by atoms with Gasteiger partial charge in [-0.2, -0.15) is 25.3 Å². The number of carboxylic acid groups (broad SMARTS) is 2. The summed E-state index contributed by atoms with van der Waals surface area (Å²) in [4.78, 5) is 59.2. The van der Waals surface area contributed by atoms with Gasteiger partial charge in [0, 0.05) is 11.5 Å². The first-order chi connectivity index (χ1) is 13.5. The Morgan fingerprint density at radius 3 is 1.86 bits per heavy atom. The van der Waals surface area contributed by atoms with Crippen molar-refractivity contribution in [1.29, 1.82) is 0 Å². The summed E-state index contributed by atoms with van der Waals surface area (Å²) in [5.41, 5.74) is 5.52. The molecule has 0 aromatic carbocycles. The summed E-state index contributed by atoms with van der Waals surface area (Å²) in [6, 6.07) is -4.95. The van der Waals surface area contributed by atoms with Crippen LogP contribution < -0.4 is 21.7 Å². The molecule has 0 saturated heterocycles. The van der Waals surface area contributed by atoms with Gasteiger partial charge in [-0.1, -0.05) is 20.3 Å². The molecule has 0 aromatic heterocycles. The van der Waals surface area contributed by atoms with Crippen molar-refractivity contribution >= 4 is 54.9 Å². The second-order valence-corrected chi connectivity index (χ2v) is 7.13. The number of amides is 3. The van der Waals surface area contributed by atoms with E-state index in [-0.39, 0.29) is 11.5 Å². The van der Waals surface area contributed by atoms with Crippen LogP contribution in [0.2, 0.25) is 0 Å². The normalized spacial score (nSPS) is 15.9. The first kappa shape index (κ1) is 27.0. The molecule has 0 bridgehead atoms. The molecule has 0 aromatic rings. The predicted molar refractivity (Wildman–Crippen MR) is 111 cm³/mol. The minimum absolute atomic E-state index is 0.0224. The lowest BCUT2D eigenvalue weighted by molar-refractivity contribution is -0.143. The van der Waals surface area contributed by atoms with E-state index in [0.717, 1.165) is 0 Å². The first-order valence-electron chi connectivity index (χ1n) is 8.81. The number of carbonyl (C=O) groups excluding carboxylic acids is 3. The molecule has 0 radical (unpaired) electrons. The van der Waals surface area contributed by atoms with Crippen LogP contribution in [0.1, 0.15) is 26.7 Å². The molecule has 0 aliphatic heterocycles. The van der Waals surface area contributed by atoms with Crippen LogP contribution >= 0.6 is 25.3 Å². The lowest BCUT2D eigenvalue weighted by Crippen LogP contribution is -2.59. The third-order valence-electron chi connectivity index (χ3n) is 4.14. The monoisotopic (exact) mass is 452 g/mol. The Bertz CT molecular complexity index is 620. The highest BCUT2D eigenvalue weighted by Gasteiger charge is 2.33. The van der Waals surface area contributed by atoms with E-state index >= 15 is 0 Å². The molecule has 0 saturated carbocycles. The van der Waals surface area contributed by atoms with E-state index in [1.807, 2.05) is 0 Å². The fourth-order valence-corrected chi connectivity index (χ4v) is 2.56. The summed E-state index contributed by atoms with van der Waals surface area (Å²) in [7, 11) is 0. The molecular weight excluding hydrogens is 424 g/mol. The Labute approximate surface area is 179 Å². The lowest BCUT2D eigenvalue weighted by Gasteiger charge is -2.27. The first-order valence-corrected chi connectivity index (χ1v) is 10.1. The van der Waals surface area contributed by atoms with Crippen molar-refractivity contribution in [3.63, 3.8) is 0 Å². The second kappa shape index (κ2) is 13.3. The number of rotatable bonds is 13. The summed E-state index contributed by atoms with van der Waals surface area (Å²) >= 11 is 7.73. The summed E-state index contributed by atoms with van der Waals surface area (Å²) < 4.78 is 0. The van der Waals surface area contributed by atoms with Crippen LogP contribution in [0, 0.1) is 5.92 Å². The maximum Gasteiger partial charge on any atom is 0.327 e. The number of hydrogen-bond donors (Lipinski definition) is 8. The zero-order valence-electron chi connectivity index (χ0n) is 16.1. The highest BCUT2D eigenvalue weighted by Crippen LogP contribution is 2.10. The van der Waals surface area contributed by atoms with E-state index in [4.69, 9.17) is 15.9 Å². The van der Waals surface area contributed by atoms with Gasteiger partial charge in [0.05, 0.1) is 12.5 Å². The molecule has 0 rings (SSSR count). The quantitative estimate of drug-likeness (QED) is 0.151. The van der Waals surface area contributed by atoms with E-state index in [2.05, 4.69) is 41.2 Å². The lowest BCUT2D eigenvalue weighted by atomic mass is 9.97. The van der Waals surface area contributed by atoms with Crippen LogP contribution in [-0.4, -0.2) is 75.5 Å². The van der Waals surface area contributed by atoms with Crippen molar-refractivity contribution in [2.24, 2.45) is 11.7 Å². The fourth-order valence-electron chi connectivity index (χ4n) is 2.15. The van der Waals surface area contributed by atoms with Gasteiger partial charge in [0.15, 0.2) is 0 Å². The van der Waals surface area contributed by atoms with E-state index in [9.17, 15) is 24.0 Å². The molecule has 0 spiro atoms. The standard InChI is InChI=1S/C16H28N4O7S2/c1-3-7(2)12(15(25)19-10(6-29)16(26)27)20-14(24)9(4-11(21)22)18-13(23)8(17)5-28/h7-10,12,28-29H,3-6,17H2,1-2H3,(H,18,23)(H,19,25)(H,20,24)(H,21,22)(H,26,27). The topological polar surface area (TPSA) is 188 Å². The van der Waals surface area contributed by atoms with Crippen molar-refractivity contribution < 1.29 is 34.2 Å². The highest BCUT2D eigenvalue weighted by atomic mass is 32.1. The Morgan fingerprint density at radius 2 is 1.45 bits per heavy atom. The van der Waals surface area contributed by atoms with Gasteiger partial charge in [-0.25, -0.2) is 4.79 Å². The molecule has 5 unspecified atom stereocenters. The molecular formula is C16H28N4O7S2. The predicted octanol–water partition coefficient (Wildman–Crippen LogP) is -1.77. The Kier molecular flexibility index (Phi) is 12.4. The molecule has 0 aliphatic rings. The average molecular weight is 453 g/mol. The van der Waals surface area contributed by atoms with E-state index in [0.29, 0.717) is 6.42 Å². The van der Waals surface area contributed by atoms with Gasteiger partial charge in [0.2, 0.25) is 17.7 Å². The average Bonchev–Trinajstić information content (AvgIpc) is 2.67. The number of thiol groups is 2. The number of aliphatic carboxylic acids is 2. The summed E-state index contributed by atoms with van der Waals surface area (Å²) in [6.45, 7) is 3.41. The van der Waals surface area contributed by atoms with Crippen molar-refractivity contribution in [3.05, 3.63) is 0 Å². The van der Waals surface area contributed by atoms with Crippen LogP contribution in [0.3, 0.4) is 0 Å². The zero-order chi connectivity index (χ0) is 22.7. The molecule has 166 valence electrons. The SMILES string of the molecule is CCC(C)C(NC(=O)C(CC(=O)O)NC(=O)C(N)CS)C(=O)NC(CS)C(=O)O. The fraction of sp³-hybridized carbons (Fsp3) is 0.688. The Balaban J connectivity index is 5.46. The van der Waals surface area contributed by atoms with Gasteiger partial charge < -0.3 is 31.9 Å². The second-order valence-electron chi connectivity index (χ2n) is 6.40. The highest BCUT2D eigenvalue weighted by molar-refractivity contribution is 7.80.